The summed E-state index contributed by atoms with van der Waals surface area (Å²) >= 11 is 0. The predicted molar refractivity (Wildman–Crippen MR) is 180 cm³/mol. The van der Waals surface area contributed by atoms with Crippen LogP contribution in [0.2, 0.25) is 0 Å². The molecular weight excluding hydrogens is 582 g/mol. The summed E-state index contributed by atoms with van der Waals surface area (Å²) in [7, 11) is 3.36. The van der Waals surface area contributed by atoms with Crippen molar-refractivity contribution >= 4 is 11.5 Å². The van der Waals surface area contributed by atoms with E-state index < -0.39 is 0 Å². The van der Waals surface area contributed by atoms with Gasteiger partial charge >= 0.3 is 0 Å². The molecule has 46 heavy (non-hydrogen) atoms. The first-order valence-corrected chi connectivity index (χ1v) is 15.8. The molecule has 1 saturated heterocycles. The fraction of sp³-hybridized carbons (Fsp3) is 0.378. The minimum absolute atomic E-state index is 0.474. The van der Waals surface area contributed by atoms with Gasteiger partial charge in [0, 0.05) is 38.1 Å². The van der Waals surface area contributed by atoms with Gasteiger partial charge in [-0.15, -0.1) is 0 Å². The Kier molecular flexibility index (Phi) is 13.1. The van der Waals surface area contributed by atoms with E-state index in [0.29, 0.717) is 46.2 Å². The zero-order valence-corrected chi connectivity index (χ0v) is 26.9. The van der Waals surface area contributed by atoms with Crippen molar-refractivity contribution in [3.8, 4) is 11.5 Å². The van der Waals surface area contributed by atoms with E-state index in [4.69, 9.17) is 33.4 Å². The normalized spacial score (nSPS) is 13.0. The van der Waals surface area contributed by atoms with Crippen LogP contribution < -0.4 is 19.3 Å². The summed E-state index contributed by atoms with van der Waals surface area (Å²) in [6.07, 6.45) is 1.89. The molecule has 0 spiro atoms. The van der Waals surface area contributed by atoms with Gasteiger partial charge in [-0.2, -0.15) is 0 Å². The molecule has 5 rings (SSSR count). The van der Waals surface area contributed by atoms with E-state index in [1.807, 2.05) is 42.6 Å². The number of hydrogen-bond donors (Lipinski definition) is 0. The zero-order valence-electron chi connectivity index (χ0n) is 26.9. The van der Waals surface area contributed by atoms with Crippen molar-refractivity contribution in [3.63, 3.8) is 0 Å². The van der Waals surface area contributed by atoms with E-state index in [9.17, 15) is 0 Å². The van der Waals surface area contributed by atoms with Gasteiger partial charge in [0.1, 0.15) is 17.3 Å². The van der Waals surface area contributed by atoms with E-state index in [-0.39, 0.29) is 0 Å². The second-order valence-electron chi connectivity index (χ2n) is 11.1. The topological polar surface area (TPSA) is 74.8 Å². The standard InChI is InChI=1S/C37H45N3O6/c1-41-35-7-3-5-31(23-35)27-40(26-30-9-12-34(13-10-30)39-15-17-43-18-16-39)37-14-11-33(25-38-37)29-46-22-20-44-19-21-45-28-32-6-4-8-36(24-32)42-2/h3-14,23-25H,15-22,26-29H2,1-2H3. The minimum atomic E-state index is 0.474. The zero-order chi connectivity index (χ0) is 31.8. The Morgan fingerprint density at radius 2 is 1.24 bits per heavy atom. The second-order valence-corrected chi connectivity index (χ2v) is 11.1. The van der Waals surface area contributed by atoms with Crippen molar-refractivity contribution in [1.82, 2.24) is 4.98 Å². The third-order valence-corrected chi connectivity index (χ3v) is 7.74. The maximum Gasteiger partial charge on any atom is 0.129 e. The highest BCUT2D eigenvalue weighted by atomic mass is 16.5. The van der Waals surface area contributed by atoms with Gasteiger partial charge in [0.2, 0.25) is 0 Å². The van der Waals surface area contributed by atoms with Crippen LogP contribution >= 0.6 is 0 Å². The van der Waals surface area contributed by atoms with Crippen molar-refractivity contribution < 1.29 is 28.4 Å². The minimum Gasteiger partial charge on any atom is -0.497 e. The molecule has 9 nitrogen and oxygen atoms in total. The molecule has 0 unspecified atom stereocenters. The molecular formula is C37H45N3O6. The van der Waals surface area contributed by atoms with Gasteiger partial charge in [0.25, 0.3) is 0 Å². The fourth-order valence-corrected chi connectivity index (χ4v) is 5.23. The fourth-order valence-electron chi connectivity index (χ4n) is 5.23. The smallest absolute Gasteiger partial charge is 0.129 e. The second kappa shape index (κ2) is 18.1. The number of aromatic nitrogens is 1. The van der Waals surface area contributed by atoms with E-state index in [1.54, 1.807) is 14.2 Å². The van der Waals surface area contributed by atoms with E-state index >= 15 is 0 Å². The molecule has 0 amide bonds. The molecule has 0 radical (unpaired) electrons. The van der Waals surface area contributed by atoms with E-state index in [1.165, 1.54) is 11.3 Å². The molecule has 0 aliphatic carbocycles. The SMILES string of the molecule is COc1cccc(COCCOCCOCc2ccc(N(Cc3ccc(N4CCOCC4)cc3)Cc3cccc(OC)c3)nc2)c1. The Morgan fingerprint density at radius 3 is 1.89 bits per heavy atom. The summed E-state index contributed by atoms with van der Waals surface area (Å²) in [5.74, 6) is 2.58. The highest BCUT2D eigenvalue weighted by Crippen LogP contribution is 2.23. The number of ether oxygens (including phenoxy) is 6. The number of rotatable bonds is 18. The summed E-state index contributed by atoms with van der Waals surface area (Å²) in [5, 5.41) is 0. The number of anilines is 2. The Morgan fingerprint density at radius 1 is 0.652 bits per heavy atom. The summed E-state index contributed by atoms with van der Waals surface area (Å²) in [6.45, 7) is 7.87. The van der Waals surface area contributed by atoms with Gasteiger partial charge in [0.15, 0.2) is 0 Å². The molecule has 2 heterocycles. The van der Waals surface area contributed by atoms with Gasteiger partial charge in [0.05, 0.1) is 67.1 Å². The molecule has 1 aromatic heterocycles. The Hall–Kier alpha value is -4.15. The number of nitrogens with zero attached hydrogens (tertiary/aromatic N) is 3. The quantitative estimate of drug-likeness (QED) is 0.126. The average Bonchev–Trinajstić information content (AvgIpc) is 3.12. The molecule has 4 aromatic rings. The maximum absolute atomic E-state index is 5.84. The number of morpholine rings is 1. The van der Waals surface area contributed by atoms with Gasteiger partial charge < -0.3 is 38.2 Å². The molecule has 244 valence electrons. The van der Waals surface area contributed by atoms with Gasteiger partial charge in [-0.3, -0.25) is 0 Å². The van der Waals surface area contributed by atoms with Crippen LogP contribution in [-0.2, 0) is 45.3 Å². The van der Waals surface area contributed by atoms with Crippen LogP contribution in [0.4, 0.5) is 11.5 Å². The summed E-state index contributed by atoms with van der Waals surface area (Å²) in [4.78, 5) is 9.48. The van der Waals surface area contributed by atoms with Crippen LogP contribution in [0.1, 0.15) is 22.3 Å². The largest absolute Gasteiger partial charge is 0.497 e. The van der Waals surface area contributed by atoms with Crippen molar-refractivity contribution in [3.05, 3.63) is 113 Å². The molecule has 0 atom stereocenters. The van der Waals surface area contributed by atoms with Crippen LogP contribution in [0, 0.1) is 0 Å². The predicted octanol–water partition coefficient (Wildman–Crippen LogP) is 5.89. The van der Waals surface area contributed by atoms with Crippen molar-refractivity contribution in [2.45, 2.75) is 26.3 Å². The lowest BCUT2D eigenvalue weighted by atomic mass is 10.1. The van der Waals surface area contributed by atoms with Crippen molar-refractivity contribution in [2.75, 3.05) is 76.8 Å². The Balaban J connectivity index is 1.08. The van der Waals surface area contributed by atoms with Crippen LogP contribution in [0.15, 0.2) is 91.1 Å². The van der Waals surface area contributed by atoms with E-state index in [0.717, 1.165) is 66.9 Å². The molecule has 3 aromatic carbocycles. The first-order chi connectivity index (χ1) is 22.7. The molecule has 1 fully saturated rings. The third-order valence-electron chi connectivity index (χ3n) is 7.74. The summed E-state index contributed by atoms with van der Waals surface area (Å²) in [5.41, 5.74) is 5.70. The van der Waals surface area contributed by atoms with Crippen LogP contribution in [0.5, 0.6) is 11.5 Å². The third kappa shape index (κ3) is 10.5. The van der Waals surface area contributed by atoms with Crippen molar-refractivity contribution in [1.29, 1.82) is 0 Å². The average molecular weight is 628 g/mol. The van der Waals surface area contributed by atoms with Crippen LogP contribution in [0.3, 0.4) is 0 Å². The summed E-state index contributed by atoms with van der Waals surface area (Å²) < 4.78 is 33.4. The first-order valence-electron chi connectivity index (χ1n) is 15.8. The lowest BCUT2D eigenvalue weighted by Gasteiger charge is -2.29. The molecule has 0 N–H and O–H groups in total. The van der Waals surface area contributed by atoms with Crippen LogP contribution in [-0.4, -0.2) is 71.9 Å². The number of hydrogen-bond acceptors (Lipinski definition) is 9. The molecule has 1 aliphatic heterocycles. The molecule has 0 bridgehead atoms. The summed E-state index contributed by atoms with van der Waals surface area (Å²) in [6, 6.07) is 29.0. The van der Waals surface area contributed by atoms with Gasteiger partial charge in [-0.25, -0.2) is 4.98 Å². The highest BCUT2D eigenvalue weighted by Gasteiger charge is 2.14. The Bertz CT molecular complexity index is 1440. The number of benzene rings is 3. The number of pyridine rings is 1. The van der Waals surface area contributed by atoms with Crippen molar-refractivity contribution in [2.24, 2.45) is 0 Å². The first kappa shape index (κ1) is 33.2. The van der Waals surface area contributed by atoms with Gasteiger partial charge in [-0.1, -0.05) is 42.5 Å². The van der Waals surface area contributed by atoms with E-state index in [2.05, 4.69) is 58.3 Å². The maximum atomic E-state index is 5.84. The number of methoxy groups -OCH3 is 2. The molecule has 9 heteroatoms. The lowest BCUT2D eigenvalue weighted by molar-refractivity contribution is 0.00698. The van der Waals surface area contributed by atoms with Gasteiger partial charge in [-0.05, 0) is 64.7 Å². The molecule has 0 saturated carbocycles. The Labute approximate surface area is 272 Å². The highest BCUT2D eigenvalue weighted by molar-refractivity contribution is 5.49. The van der Waals surface area contributed by atoms with Crippen LogP contribution in [0.25, 0.3) is 0 Å². The molecule has 1 aliphatic rings. The monoisotopic (exact) mass is 627 g/mol. The lowest BCUT2D eigenvalue weighted by Crippen LogP contribution is -2.36.